The number of ether oxygens (including phenoxy) is 1. The van der Waals surface area contributed by atoms with Gasteiger partial charge < -0.3 is 10.5 Å². The number of allylic oxidation sites excluding steroid dienone is 3. The zero-order valence-electron chi connectivity index (χ0n) is 11.8. The Labute approximate surface area is 127 Å². The fraction of sp³-hybridized carbons (Fsp3) is 0.235. The van der Waals surface area contributed by atoms with Crippen LogP contribution in [0.15, 0.2) is 47.1 Å². The molecule has 108 valence electrons. The van der Waals surface area contributed by atoms with Crippen LogP contribution in [-0.2, 0) is 9.53 Å². The topological polar surface area (TPSA) is 99.9 Å². The van der Waals surface area contributed by atoms with Gasteiger partial charge in [-0.1, -0.05) is 12.1 Å². The maximum absolute atomic E-state index is 12.3. The highest BCUT2D eigenvalue weighted by atomic mass is 16.5. The van der Waals surface area contributed by atoms with Crippen LogP contribution >= 0.6 is 0 Å². The summed E-state index contributed by atoms with van der Waals surface area (Å²) in [6, 6.07) is 11.0. The van der Waals surface area contributed by atoms with E-state index in [9.17, 15) is 10.1 Å². The van der Waals surface area contributed by atoms with Gasteiger partial charge in [0, 0.05) is 18.4 Å². The number of ketones is 1. The number of hydrogen-bond donors (Lipinski definition) is 1. The standard InChI is InChI=1S/C17H13N3O2/c18-8-10-4-6-11(7-5-10)15-12(9-19)17(20)22-14-3-1-2-13(21)16(14)15/h4-7,15H,1-3,20H2. The monoisotopic (exact) mass is 291 g/mol. The molecule has 1 aromatic carbocycles. The average Bonchev–Trinajstić information content (AvgIpc) is 2.54. The SMILES string of the molecule is N#CC1=C(N)OC2=C(C(=O)CCC2)C1c1ccc(C#N)cc1. The van der Waals surface area contributed by atoms with E-state index in [0.29, 0.717) is 29.7 Å². The van der Waals surface area contributed by atoms with Crippen LogP contribution in [0.1, 0.15) is 36.3 Å². The molecule has 1 heterocycles. The molecule has 0 amide bonds. The predicted octanol–water partition coefficient (Wildman–Crippen LogP) is 2.37. The van der Waals surface area contributed by atoms with Crippen molar-refractivity contribution in [2.24, 2.45) is 5.73 Å². The summed E-state index contributed by atoms with van der Waals surface area (Å²) in [5, 5.41) is 18.3. The molecule has 0 radical (unpaired) electrons. The first kappa shape index (κ1) is 13.9. The van der Waals surface area contributed by atoms with Crippen LogP contribution in [0, 0.1) is 22.7 Å². The van der Waals surface area contributed by atoms with E-state index in [1.54, 1.807) is 24.3 Å². The minimum Gasteiger partial charge on any atom is -0.444 e. The van der Waals surface area contributed by atoms with Crippen molar-refractivity contribution in [1.29, 1.82) is 10.5 Å². The van der Waals surface area contributed by atoms with Crippen molar-refractivity contribution in [2.75, 3.05) is 0 Å². The van der Waals surface area contributed by atoms with Crippen LogP contribution in [0.2, 0.25) is 0 Å². The van der Waals surface area contributed by atoms with Crippen LogP contribution in [0.4, 0.5) is 0 Å². The summed E-state index contributed by atoms with van der Waals surface area (Å²) in [7, 11) is 0. The van der Waals surface area contributed by atoms with E-state index >= 15 is 0 Å². The van der Waals surface area contributed by atoms with Gasteiger partial charge >= 0.3 is 0 Å². The second kappa shape index (κ2) is 5.38. The Morgan fingerprint density at radius 2 is 1.86 bits per heavy atom. The average molecular weight is 291 g/mol. The number of nitriles is 2. The van der Waals surface area contributed by atoms with Gasteiger partial charge in [0.1, 0.15) is 17.4 Å². The Morgan fingerprint density at radius 3 is 2.50 bits per heavy atom. The number of carbonyl (C=O) groups is 1. The Balaban J connectivity index is 2.16. The highest BCUT2D eigenvalue weighted by Crippen LogP contribution is 2.43. The molecule has 0 saturated carbocycles. The number of Topliss-reactive ketones (excluding diaryl/α,β-unsaturated/α-hetero) is 1. The number of nitrogens with zero attached hydrogens (tertiary/aromatic N) is 2. The number of benzene rings is 1. The summed E-state index contributed by atoms with van der Waals surface area (Å²) in [6.07, 6.45) is 1.83. The van der Waals surface area contributed by atoms with Gasteiger partial charge in [0.15, 0.2) is 5.78 Å². The van der Waals surface area contributed by atoms with E-state index in [2.05, 4.69) is 12.1 Å². The zero-order valence-corrected chi connectivity index (χ0v) is 11.8. The maximum Gasteiger partial charge on any atom is 0.205 e. The molecule has 0 saturated heterocycles. The Hall–Kier alpha value is -3.05. The fourth-order valence-corrected chi connectivity index (χ4v) is 2.94. The van der Waals surface area contributed by atoms with Crippen LogP contribution in [-0.4, -0.2) is 5.78 Å². The summed E-state index contributed by atoms with van der Waals surface area (Å²) in [5.41, 5.74) is 7.93. The predicted molar refractivity (Wildman–Crippen MR) is 77.7 cm³/mol. The molecule has 1 aromatic rings. The van der Waals surface area contributed by atoms with Gasteiger partial charge in [0.2, 0.25) is 5.88 Å². The van der Waals surface area contributed by atoms with E-state index in [1.165, 1.54) is 0 Å². The number of carbonyl (C=O) groups excluding carboxylic acids is 1. The van der Waals surface area contributed by atoms with Crippen molar-refractivity contribution in [3.05, 3.63) is 58.2 Å². The number of rotatable bonds is 1. The summed E-state index contributed by atoms with van der Waals surface area (Å²) >= 11 is 0. The Morgan fingerprint density at radius 1 is 1.14 bits per heavy atom. The molecule has 2 N–H and O–H groups in total. The molecule has 0 bridgehead atoms. The molecule has 0 spiro atoms. The van der Waals surface area contributed by atoms with Gasteiger partial charge in [0.25, 0.3) is 0 Å². The molecule has 1 aliphatic carbocycles. The fourth-order valence-electron chi connectivity index (χ4n) is 2.94. The molecule has 5 nitrogen and oxygen atoms in total. The van der Waals surface area contributed by atoms with Crippen molar-refractivity contribution >= 4 is 5.78 Å². The number of nitrogens with two attached hydrogens (primary N) is 1. The van der Waals surface area contributed by atoms with Crippen LogP contribution < -0.4 is 5.73 Å². The first-order valence-electron chi connectivity index (χ1n) is 6.99. The molecule has 0 fully saturated rings. The second-order valence-electron chi connectivity index (χ2n) is 5.27. The Bertz CT molecular complexity index is 789. The lowest BCUT2D eigenvalue weighted by Crippen LogP contribution is -2.27. The van der Waals surface area contributed by atoms with Crippen molar-refractivity contribution < 1.29 is 9.53 Å². The van der Waals surface area contributed by atoms with Crippen molar-refractivity contribution in [3.63, 3.8) is 0 Å². The summed E-state index contributed by atoms with van der Waals surface area (Å²) in [5.74, 6) is 0.123. The third-order valence-corrected chi connectivity index (χ3v) is 3.98. The summed E-state index contributed by atoms with van der Waals surface area (Å²) < 4.78 is 5.50. The van der Waals surface area contributed by atoms with Crippen molar-refractivity contribution in [1.82, 2.24) is 0 Å². The normalized spacial score (nSPS) is 20.8. The molecular weight excluding hydrogens is 278 g/mol. The smallest absolute Gasteiger partial charge is 0.205 e. The molecule has 1 aliphatic heterocycles. The highest BCUT2D eigenvalue weighted by Gasteiger charge is 2.37. The van der Waals surface area contributed by atoms with E-state index in [1.807, 2.05) is 0 Å². The first-order valence-corrected chi connectivity index (χ1v) is 6.99. The first-order chi connectivity index (χ1) is 10.7. The molecule has 1 unspecified atom stereocenters. The van der Waals surface area contributed by atoms with E-state index in [-0.39, 0.29) is 17.2 Å². The molecule has 0 aromatic heterocycles. The van der Waals surface area contributed by atoms with Crippen LogP contribution in [0.5, 0.6) is 0 Å². The third-order valence-electron chi connectivity index (χ3n) is 3.98. The molecule has 1 atom stereocenters. The van der Waals surface area contributed by atoms with Gasteiger partial charge in [-0.25, -0.2) is 0 Å². The highest BCUT2D eigenvalue weighted by molar-refractivity contribution is 5.99. The van der Waals surface area contributed by atoms with E-state index in [0.717, 1.165) is 12.0 Å². The molecular formula is C17H13N3O2. The lowest BCUT2D eigenvalue weighted by molar-refractivity contribution is -0.116. The molecule has 2 aliphatic rings. The molecule has 5 heteroatoms. The van der Waals surface area contributed by atoms with Crippen LogP contribution in [0.25, 0.3) is 0 Å². The summed E-state index contributed by atoms with van der Waals surface area (Å²) in [4.78, 5) is 12.3. The largest absolute Gasteiger partial charge is 0.444 e. The van der Waals surface area contributed by atoms with Gasteiger partial charge in [-0.3, -0.25) is 4.79 Å². The van der Waals surface area contributed by atoms with Gasteiger partial charge in [-0.05, 0) is 24.1 Å². The zero-order chi connectivity index (χ0) is 15.7. The minimum absolute atomic E-state index is 0.00383. The third kappa shape index (κ3) is 2.13. The van der Waals surface area contributed by atoms with Crippen LogP contribution in [0.3, 0.4) is 0 Å². The quantitative estimate of drug-likeness (QED) is 0.856. The van der Waals surface area contributed by atoms with Gasteiger partial charge in [-0.15, -0.1) is 0 Å². The van der Waals surface area contributed by atoms with E-state index in [4.69, 9.17) is 15.7 Å². The Kier molecular flexibility index (Phi) is 3.40. The van der Waals surface area contributed by atoms with Gasteiger partial charge in [0.05, 0.1) is 17.6 Å². The minimum atomic E-state index is -0.505. The molecule has 3 rings (SSSR count). The van der Waals surface area contributed by atoms with Crippen molar-refractivity contribution in [3.8, 4) is 12.1 Å². The summed E-state index contributed by atoms with van der Waals surface area (Å²) in [6.45, 7) is 0. The van der Waals surface area contributed by atoms with Gasteiger partial charge in [-0.2, -0.15) is 10.5 Å². The van der Waals surface area contributed by atoms with Crippen molar-refractivity contribution in [2.45, 2.75) is 25.2 Å². The number of hydrogen-bond acceptors (Lipinski definition) is 5. The molecule has 22 heavy (non-hydrogen) atoms. The lowest BCUT2D eigenvalue weighted by Gasteiger charge is -2.30. The van der Waals surface area contributed by atoms with E-state index < -0.39 is 5.92 Å². The second-order valence-corrected chi connectivity index (χ2v) is 5.27. The maximum atomic E-state index is 12.3. The lowest BCUT2D eigenvalue weighted by atomic mass is 9.77.